The van der Waals surface area contributed by atoms with E-state index in [0.29, 0.717) is 5.39 Å². The number of nitrogens with zero attached hydrogens (tertiary/aromatic N) is 5. The largest absolute Gasteiger partial charge is 0.369 e. The third kappa shape index (κ3) is 3.88. The molecule has 0 atom stereocenters. The molecule has 2 aromatic carbocycles. The van der Waals surface area contributed by atoms with E-state index in [0.717, 1.165) is 41.6 Å². The lowest BCUT2D eigenvalue weighted by atomic mass is 10.2. The van der Waals surface area contributed by atoms with Crippen molar-refractivity contribution < 1.29 is 8.42 Å². The minimum atomic E-state index is -4.02. The van der Waals surface area contributed by atoms with Crippen molar-refractivity contribution in [3.05, 3.63) is 65.9 Å². The maximum atomic E-state index is 13.1. The van der Waals surface area contributed by atoms with Gasteiger partial charge in [0.25, 0.3) is 10.0 Å². The number of nitrogens with one attached hydrogen (secondary N) is 2. The van der Waals surface area contributed by atoms with Crippen LogP contribution in [0.4, 0.5) is 17.3 Å². The number of aromatic nitrogens is 4. The third-order valence-corrected chi connectivity index (χ3v) is 7.30. The maximum Gasteiger partial charge on any atom is 0.286 e. The van der Waals surface area contributed by atoms with Crippen LogP contribution < -0.4 is 15.5 Å². The van der Waals surface area contributed by atoms with Crippen molar-refractivity contribution in [1.29, 1.82) is 0 Å². The molecular formula is C21H20ClN7O2S. The third-order valence-electron chi connectivity index (χ3n) is 5.23. The minimum absolute atomic E-state index is 0.0386. The molecule has 9 nitrogen and oxygen atoms in total. The zero-order valence-electron chi connectivity index (χ0n) is 16.9. The Hall–Kier alpha value is -3.21. The SMILES string of the molecule is O=S(=O)(c1ccccc1Cl)n1ncc2cnc(Nc3ccc(N4CCNCC4)cc3)nc21. The van der Waals surface area contributed by atoms with Gasteiger partial charge in [-0.25, -0.2) is 4.98 Å². The molecule has 0 aliphatic carbocycles. The van der Waals surface area contributed by atoms with Crippen LogP contribution >= 0.6 is 11.6 Å². The fourth-order valence-electron chi connectivity index (χ4n) is 3.59. The summed E-state index contributed by atoms with van der Waals surface area (Å²) < 4.78 is 27.1. The molecule has 0 amide bonds. The zero-order chi connectivity index (χ0) is 22.1. The fraction of sp³-hybridized carbons (Fsp3) is 0.190. The Bertz CT molecular complexity index is 1370. The number of halogens is 1. The van der Waals surface area contributed by atoms with Gasteiger partial charge in [0.1, 0.15) is 4.90 Å². The molecule has 1 aliphatic rings. The highest BCUT2D eigenvalue weighted by Gasteiger charge is 2.24. The molecule has 3 heterocycles. The molecule has 1 fully saturated rings. The van der Waals surface area contributed by atoms with Gasteiger partial charge in [-0.05, 0) is 36.4 Å². The number of piperazine rings is 1. The highest BCUT2D eigenvalue weighted by molar-refractivity contribution is 7.90. The van der Waals surface area contributed by atoms with Crippen LogP contribution in [0.1, 0.15) is 0 Å². The van der Waals surface area contributed by atoms with Crippen LogP contribution in [-0.4, -0.2) is 53.8 Å². The molecule has 0 saturated carbocycles. The lowest BCUT2D eigenvalue weighted by Crippen LogP contribution is -2.43. The van der Waals surface area contributed by atoms with Gasteiger partial charge in [-0.1, -0.05) is 23.7 Å². The second-order valence-electron chi connectivity index (χ2n) is 7.30. The van der Waals surface area contributed by atoms with E-state index >= 15 is 0 Å². The van der Waals surface area contributed by atoms with E-state index in [9.17, 15) is 8.42 Å². The average molecular weight is 470 g/mol. The number of hydrogen-bond donors (Lipinski definition) is 2. The summed E-state index contributed by atoms with van der Waals surface area (Å²) in [4.78, 5) is 11.0. The van der Waals surface area contributed by atoms with Gasteiger partial charge in [0.2, 0.25) is 5.95 Å². The Morgan fingerprint density at radius 1 is 1.00 bits per heavy atom. The predicted molar refractivity (Wildman–Crippen MR) is 124 cm³/mol. The van der Waals surface area contributed by atoms with Gasteiger partial charge in [0.15, 0.2) is 5.65 Å². The molecule has 11 heteroatoms. The summed E-state index contributed by atoms with van der Waals surface area (Å²) in [6.45, 7) is 3.88. The fourth-order valence-corrected chi connectivity index (χ4v) is 5.31. The van der Waals surface area contributed by atoms with Gasteiger partial charge in [0, 0.05) is 43.8 Å². The van der Waals surface area contributed by atoms with Crippen molar-refractivity contribution >= 4 is 50.0 Å². The molecule has 1 aliphatic heterocycles. The van der Waals surface area contributed by atoms with E-state index in [4.69, 9.17) is 11.6 Å². The molecule has 0 radical (unpaired) electrons. The van der Waals surface area contributed by atoms with E-state index in [-0.39, 0.29) is 21.5 Å². The Morgan fingerprint density at radius 3 is 2.50 bits per heavy atom. The summed E-state index contributed by atoms with van der Waals surface area (Å²) in [6, 6.07) is 14.2. The van der Waals surface area contributed by atoms with Gasteiger partial charge in [-0.3, -0.25) is 0 Å². The normalized spacial score (nSPS) is 14.6. The van der Waals surface area contributed by atoms with E-state index in [1.165, 1.54) is 24.5 Å². The van der Waals surface area contributed by atoms with Crippen LogP contribution in [0.25, 0.3) is 11.0 Å². The van der Waals surface area contributed by atoms with Crippen molar-refractivity contribution in [2.45, 2.75) is 4.90 Å². The smallest absolute Gasteiger partial charge is 0.286 e. The number of rotatable bonds is 5. The van der Waals surface area contributed by atoms with Gasteiger partial charge < -0.3 is 15.5 Å². The Kier molecular flexibility index (Phi) is 5.41. The first-order valence-electron chi connectivity index (χ1n) is 10.1. The lowest BCUT2D eigenvalue weighted by molar-refractivity contribution is 0.582. The minimum Gasteiger partial charge on any atom is -0.369 e. The summed E-state index contributed by atoms with van der Waals surface area (Å²) in [5.41, 5.74) is 2.11. The Morgan fingerprint density at radius 2 is 1.75 bits per heavy atom. The molecule has 0 spiro atoms. The molecule has 1 saturated heterocycles. The van der Waals surface area contributed by atoms with Crippen molar-refractivity contribution in [2.75, 3.05) is 36.4 Å². The van der Waals surface area contributed by atoms with Gasteiger partial charge in [-0.15, -0.1) is 4.09 Å². The van der Waals surface area contributed by atoms with E-state index in [1.807, 2.05) is 24.3 Å². The van der Waals surface area contributed by atoms with Crippen LogP contribution in [0.5, 0.6) is 0 Å². The Balaban J connectivity index is 1.43. The monoisotopic (exact) mass is 469 g/mol. The number of hydrogen-bond acceptors (Lipinski definition) is 8. The quantitative estimate of drug-likeness (QED) is 0.459. The van der Waals surface area contributed by atoms with Gasteiger partial charge in [-0.2, -0.15) is 18.5 Å². The number of fused-ring (bicyclic) bond motifs is 1. The van der Waals surface area contributed by atoms with Crippen LogP contribution in [0, 0.1) is 0 Å². The second kappa shape index (κ2) is 8.38. The molecule has 0 bridgehead atoms. The summed E-state index contributed by atoms with van der Waals surface area (Å²) in [6.07, 6.45) is 2.95. The summed E-state index contributed by atoms with van der Waals surface area (Å²) >= 11 is 6.11. The predicted octanol–water partition coefficient (Wildman–Crippen LogP) is 2.87. The standard InChI is InChI=1S/C21H20ClN7O2S/c22-18-3-1-2-4-19(18)32(30,31)29-20-15(14-25-29)13-24-21(27-20)26-16-5-7-17(8-6-16)28-11-9-23-10-12-28/h1-8,13-14,23H,9-12H2,(H,24,26,27). The molecule has 32 heavy (non-hydrogen) atoms. The molecule has 5 rings (SSSR count). The van der Waals surface area contributed by atoms with Crippen LogP contribution in [0.3, 0.4) is 0 Å². The number of benzene rings is 2. The topological polar surface area (TPSA) is 105 Å². The van der Waals surface area contributed by atoms with E-state index in [1.54, 1.807) is 12.1 Å². The first kappa shape index (κ1) is 20.7. The average Bonchev–Trinajstić information content (AvgIpc) is 3.24. The lowest BCUT2D eigenvalue weighted by Gasteiger charge is -2.29. The highest BCUT2D eigenvalue weighted by atomic mass is 35.5. The van der Waals surface area contributed by atoms with Gasteiger partial charge in [0.05, 0.1) is 16.6 Å². The Labute approximate surface area is 190 Å². The van der Waals surface area contributed by atoms with E-state index < -0.39 is 10.0 Å². The first-order valence-corrected chi connectivity index (χ1v) is 11.9. The molecule has 2 N–H and O–H groups in total. The van der Waals surface area contributed by atoms with Gasteiger partial charge >= 0.3 is 0 Å². The van der Waals surface area contributed by atoms with Crippen molar-refractivity contribution in [3.63, 3.8) is 0 Å². The van der Waals surface area contributed by atoms with Crippen molar-refractivity contribution in [1.82, 2.24) is 24.5 Å². The molecule has 164 valence electrons. The van der Waals surface area contributed by atoms with Crippen molar-refractivity contribution in [2.24, 2.45) is 0 Å². The summed E-state index contributed by atoms with van der Waals surface area (Å²) in [5, 5.41) is 11.1. The first-order chi connectivity index (χ1) is 15.5. The van der Waals surface area contributed by atoms with Crippen LogP contribution in [0.15, 0.2) is 65.8 Å². The highest BCUT2D eigenvalue weighted by Crippen LogP contribution is 2.26. The second-order valence-corrected chi connectivity index (χ2v) is 9.45. The molecular weight excluding hydrogens is 450 g/mol. The molecule has 0 unspecified atom stereocenters. The number of anilines is 3. The maximum absolute atomic E-state index is 13.1. The molecule has 2 aromatic heterocycles. The molecule has 4 aromatic rings. The zero-order valence-corrected chi connectivity index (χ0v) is 18.5. The summed E-state index contributed by atoms with van der Waals surface area (Å²) in [7, 11) is -4.02. The van der Waals surface area contributed by atoms with E-state index in [2.05, 4.69) is 30.6 Å². The van der Waals surface area contributed by atoms with Crippen LogP contribution in [0.2, 0.25) is 5.02 Å². The summed E-state index contributed by atoms with van der Waals surface area (Å²) in [5.74, 6) is 0.267. The van der Waals surface area contributed by atoms with Crippen molar-refractivity contribution in [3.8, 4) is 0 Å². The van der Waals surface area contributed by atoms with Crippen LogP contribution in [-0.2, 0) is 10.0 Å².